The molecule has 8 nitrogen and oxygen atoms in total. The highest BCUT2D eigenvalue weighted by Crippen LogP contribution is 2.39. The molecule has 0 bridgehead atoms. The number of thiazole rings is 1. The van der Waals surface area contributed by atoms with Crippen LogP contribution in [0.4, 0.5) is 5.69 Å². The van der Waals surface area contributed by atoms with Crippen molar-refractivity contribution in [3.05, 3.63) is 60.2 Å². The number of amides is 1. The number of ether oxygens (including phenoxy) is 4. The van der Waals surface area contributed by atoms with Gasteiger partial charge in [0.15, 0.2) is 16.6 Å². The molecule has 0 unspecified atom stereocenters. The number of benzene rings is 3. The number of nitrogens with one attached hydrogen (secondary N) is 2. The molecular formula is C28H29N3O5S2. The second kappa shape index (κ2) is 12.6. The minimum Gasteiger partial charge on any atom is -0.495 e. The molecule has 0 spiro atoms. The van der Waals surface area contributed by atoms with Crippen molar-refractivity contribution in [2.24, 2.45) is 0 Å². The summed E-state index contributed by atoms with van der Waals surface area (Å²) in [4.78, 5) is 17.9. The zero-order chi connectivity index (χ0) is 27.1. The number of carbonyl (C=O) groups is 1. The summed E-state index contributed by atoms with van der Waals surface area (Å²) < 4.78 is 23.8. The molecule has 1 aromatic heterocycles. The van der Waals surface area contributed by atoms with Gasteiger partial charge in [0, 0.05) is 11.1 Å². The molecule has 0 fully saturated rings. The number of anilines is 1. The summed E-state index contributed by atoms with van der Waals surface area (Å²) in [6.45, 7) is 6.83. The molecule has 198 valence electrons. The molecule has 38 heavy (non-hydrogen) atoms. The van der Waals surface area contributed by atoms with Gasteiger partial charge in [-0.25, -0.2) is 4.98 Å². The van der Waals surface area contributed by atoms with E-state index in [0.717, 1.165) is 20.8 Å². The lowest BCUT2D eigenvalue weighted by Gasteiger charge is -2.17. The third-order valence-corrected chi connectivity index (χ3v) is 6.68. The van der Waals surface area contributed by atoms with E-state index in [1.807, 2.05) is 63.2 Å². The van der Waals surface area contributed by atoms with Gasteiger partial charge in [-0.1, -0.05) is 12.1 Å². The second-order valence-electron chi connectivity index (χ2n) is 7.91. The Morgan fingerprint density at radius 3 is 2.24 bits per heavy atom. The third-order valence-electron chi connectivity index (χ3n) is 5.39. The highest BCUT2D eigenvalue weighted by atomic mass is 32.1. The lowest BCUT2D eigenvalue weighted by Crippen LogP contribution is -2.34. The number of hydrogen-bond acceptors (Lipinski definition) is 8. The third kappa shape index (κ3) is 6.15. The molecule has 4 aromatic rings. The molecule has 0 aliphatic heterocycles. The molecule has 0 aliphatic rings. The summed E-state index contributed by atoms with van der Waals surface area (Å²) >= 11 is 7.07. The van der Waals surface area contributed by atoms with Crippen LogP contribution in [0, 0.1) is 0 Å². The summed E-state index contributed by atoms with van der Waals surface area (Å²) in [6.07, 6.45) is 0. The molecule has 10 heteroatoms. The standard InChI is InChI=1S/C28H29N3O5S2/c1-5-34-22-15-18(16-23(35-6-2)25(22)36-7-3)26(32)31-28(37)30-20-14-17(12-13-21(20)33-4)27-29-19-10-8-9-11-24(19)38-27/h8-16H,5-7H2,1-4H3,(H2,30,31,32,37). The predicted molar refractivity (Wildman–Crippen MR) is 155 cm³/mol. The van der Waals surface area contributed by atoms with Gasteiger partial charge in [0.05, 0.1) is 42.8 Å². The summed E-state index contributed by atoms with van der Waals surface area (Å²) in [5.74, 6) is 1.47. The molecule has 0 saturated carbocycles. The van der Waals surface area contributed by atoms with E-state index in [-0.39, 0.29) is 5.11 Å². The maximum Gasteiger partial charge on any atom is 0.257 e. The number of fused-ring (bicyclic) bond motifs is 1. The van der Waals surface area contributed by atoms with E-state index in [4.69, 9.17) is 36.1 Å². The lowest BCUT2D eigenvalue weighted by molar-refractivity contribution is 0.0976. The van der Waals surface area contributed by atoms with E-state index in [9.17, 15) is 4.79 Å². The lowest BCUT2D eigenvalue weighted by atomic mass is 10.1. The Balaban J connectivity index is 1.56. The van der Waals surface area contributed by atoms with Gasteiger partial charge < -0.3 is 24.3 Å². The van der Waals surface area contributed by atoms with Crippen LogP contribution >= 0.6 is 23.6 Å². The fourth-order valence-corrected chi connectivity index (χ4v) is 4.95. The van der Waals surface area contributed by atoms with Crippen molar-refractivity contribution in [3.8, 4) is 33.6 Å². The first kappa shape index (κ1) is 27.2. The maximum atomic E-state index is 13.1. The first-order valence-electron chi connectivity index (χ1n) is 12.2. The van der Waals surface area contributed by atoms with Crippen LogP contribution in [0.15, 0.2) is 54.6 Å². The molecule has 1 amide bonds. The molecule has 1 heterocycles. The number of carbonyl (C=O) groups excluding carboxylic acids is 1. The van der Waals surface area contributed by atoms with E-state index >= 15 is 0 Å². The van der Waals surface area contributed by atoms with Crippen molar-refractivity contribution in [3.63, 3.8) is 0 Å². The van der Waals surface area contributed by atoms with Crippen LogP contribution in [-0.2, 0) is 0 Å². The minimum atomic E-state index is -0.422. The van der Waals surface area contributed by atoms with E-state index < -0.39 is 5.91 Å². The predicted octanol–water partition coefficient (Wildman–Crippen LogP) is 6.29. The number of methoxy groups -OCH3 is 1. The topological polar surface area (TPSA) is 90.9 Å². The van der Waals surface area contributed by atoms with Crippen molar-refractivity contribution < 1.29 is 23.7 Å². The summed E-state index contributed by atoms with van der Waals surface area (Å²) in [5, 5.41) is 6.79. The Hall–Kier alpha value is -3.89. The van der Waals surface area contributed by atoms with Crippen molar-refractivity contribution in [1.29, 1.82) is 0 Å². The van der Waals surface area contributed by atoms with E-state index in [2.05, 4.69) is 10.6 Å². The van der Waals surface area contributed by atoms with Crippen LogP contribution in [0.1, 0.15) is 31.1 Å². The summed E-state index contributed by atoms with van der Waals surface area (Å²) in [7, 11) is 1.57. The van der Waals surface area contributed by atoms with Gasteiger partial charge in [0.2, 0.25) is 5.75 Å². The highest BCUT2D eigenvalue weighted by Gasteiger charge is 2.19. The maximum absolute atomic E-state index is 13.1. The highest BCUT2D eigenvalue weighted by molar-refractivity contribution is 7.80. The number of thiocarbonyl (C=S) groups is 1. The van der Waals surface area contributed by atoms with Gasteiger partial charge in [0.25, 0.3) is 5.91 Å². The number of nitrogens with zero attached hydrogens (tertiary/aromatic N) is 1. The molecular weight excluding hydrogens is 522 g/mol. The fraction of sp³-hybridized carbons (Fsp3) is 0.250. The van der Waals surface area contributed by atoms with Crippen molar-refractivity contribution >= 4 is 50.5 Å². The van der Waals surface area contributed by atoms with Crippen molar-refractivity contribution in [1.82, 2.24) is 10.3 Å². The summed E-state index contributed by atoms with van der Waals surface area (Å²) in [6, 6.07) is 16.9. The van der Waals surface area contributed by atoms with Crippen LogP contribution < -0.4 is 29.6 Å². The number of para-hydroxylation sites is 1. The van der Waals surface area contributed by atoms with Gasteiger partial charge in [-0.05, 0) is 75.5 Å². The number of rotatable bonds is 10. The molecule has 0 radical (unpaired) electrons. The summed E-state index contributed by atoms with van der Waals surface area (Å²) in [5.41, 5.74) is 2.76. The number of hydrogen-bond donors (Lipinski definition) is 2. The van der Waals surface area contributed by atoms with Gasteiger partial charge in [-0.15, -0.1) is 11.3 Å². The largest absolute Gasteiger partial charge is 0.495 e. The minimum absolute atomic E-state index is 0.111. The molecule has 0 atom stereocenters. The first-order chi connectivity index (χ1) is 18.5. The fourth-order valence-electron chi connectivity index (χ4n) is 3.78. The van der Waals surface area contributed by atoms with Crippen LogP contribution in [0.2, 0.25) is 0 Å². The van der Waals surface area contributed by atoms with Crippen molar-refractivity contribution in [2.45, 2.75) is 20.8 Å². The average Bonchev–Trinajstić information content (AvgIpc) is 3.35. The Bertz CT molecular complexity index is 1390. The monoisotopic (exact) mass is 551 g/mol. The molecule has 2 N–H and O–H groups in total. The zero-order valence-electron chi connectivity index (χ0n) is 21.6. The van der Waals surface area contributed by atoms with E-state index in [1.165, 1.54) is 0 Å². The Morgan fingerprint density at radius 1 is 0.921 bits per heavy atom. The van der Waals surface area contributed by atoms with Crippen molar-refractivity contribution in [2.75, 3.05) is 32.2 Å². The first-order valence-corrected chi connectivity index (χ1v) is 13.4. The Labute approximate surface area is 230 Å². The molecule has 4 rings (SSSR count). The van der Waals surface area contributed by atoms with Gasteiger partial charge in [0.1, 0.15) is 10.8 Å². The van der Waals surface area contributed by atoms with Crippen LogP contribution in [-0.4, -0.2) is 42.9 Å². The van der Waals surface area contributed by atoms with E-state index in [0.29, 0.717) is 54.1 Å². The average molecular weight is 552 g/mol. The Kier molecular flexibility index (Phi) is 8.98. The van der Waals surface area contributed by atoms with E-state index in [1.54, 1.807) is 30.6 Å². The van der Waals surface area contributed by atoms with Crippen LogP contribution in [0.25, 0.3) is 20.8 Å². The van der Waals surface area contributed by atoms with Gasteiger partial charge >= 0.3 is 0 Å². The quantitative estimate of drug-likeness (QED) is 0.222. The SMILES string of the molecule is CCOc1cc(C(=O)NC(=S)Nc2cc(-c3nc4ccccc4s3)ccc2OC)cc(OCC)c1OCC. The smallest absolute Gasteiger partial charge is 0.257 e. The zero-order valence-corrected chi connectivity index (χ0v) is 23.3. The molecule has 3 aromatic carbocycles. The normalized spacial score (nSPS) is 10.6. The number of aromatic nitrogens is 1. The van der Waals surface area contributed by atoms with Crippen LogP contribution in [0.3, 0.4) is 0 Å². The van der Waals surface area contributed by atoms with Gasteiger partial charge in [-0.3, -0.25) is 10.1 Å². The Morgan fingerprint density at radius 2 is 1.61 bits per heavy atom. The second-order valence-corrected chi connectivity index (χ2v) is 9.35. The van der Waals surface area contributed by atoms with Crippen LogP contribution in [0.5, 0.6) is 23.0 Å². The molecule has 0 saturated heterocycles. The molecule has 0 aliphatic carbocycles. The van der Waals surface area contributed by atoms with Gasteiger partial charge in [-0.2, -0.15) is 0 Å².